The first-order chi connectivity index (χ1) is 9.83. The van der Waals surface area contributed by atoms with E-state index in [9.17, 15) is 4.79 Å². The maximum atomic E-state index is 12.3. The Morgan fingerprint density at radius 3 is 2.50 bits per heavy atom. The number of carbonyl (C=O) groups is 1. The molecule has 0 radical (unpaired) electrons. The Morgan fingerprint density at radius 2 is 1.75 bits per heavy atom. The number of nitrogens with zero attached hydrogens (tertiary/aromatic N) is 1. The van der Waals surface area contributed by atoms with Gasteiger partial charge in [-0.15, -0.1) is 0 Å². The molecule has 102 valence electrons. The molecule has 0 amide bonds. The van der Waals surface area contributed by atoms with E-state index in [1.165, 1.54) is 10.9 Å². The summed E-state index contributed by atoms with van der Waals surface area (Å²) in [5.41, 5.74) is 2.12. The zero-order valence-electron chi connectivity index (χ0n) is 11.3. The van der Waals surface area contributed by atoms with Crippen molar-refractivity contribution < 1.29 is 9.53 Å². The van der Waals surface area contributed by atoms with Gasteiger partial charge in [0.1, 0.15) is 0 Å². The molecule has 0 spiro atoms. The van der Waals surface area contributed by atoms with Gasteiger partial charge in [0.2, 0.25) is 0 Å². The van der Waals surface area contributed by atoms with Crippen LogP contribution in [0.1, 0.15) is 28.4 Å². The van der Waals surface area contributed by atoms with Crippen LogP contribution < -0.4 is 0 Å². The highest BCUT2D eigenvalue weighted by atomic mass is 16.5. The van der Waals surface area contributed by atoms with Crippen LogP contribution >= 0.6 is 0 Å². The van der Waals surface area contributed by atoms with Crippen molar-refractivity contribution in [3.63, 3.8) is 0 Å². The molecule has 2 aliphatic rings. The van der Waals surface area contributed by atoms with Crippen molar-refractivity contribution in [3.8, 4) is 0 Å². The lowest BCUT2D eigenvalue weighted by Gasteiger charge is -2.32. The van der Waals surface area contributed by atoms with Crippen LogP contribution in [0.15, 0.2) is 36.4 Å². The molecule has 0 aromatic heterocycles. The Labute approximate surface area is 118 Å². The zero-order chi connectivity index (χ0) is 13.5. The second-order valence-corrected chi connectivity index (χ2v) is 5.58. The van der Waals surface area contributed by atoms with Crippen LogP contribution in [0.4, 0.5) is 0 Å². The lowest BCUT2D eigenvalue weighted by molar-refractivity contribution is 0.0166. The summed E-state index contributed by atoms with van der Waals surface area (Å²) in [6.45, 7) is 3.38. The summed E-state index contributed by atoms with van der Waals surface area (Å²) >= 11 is 0. The van der Waals surface area contributed by atoms with E-state index in [1.807, 2.05) is 6.07 Å². The first-order valence-corrected chi connectivity index (χ1v) is 7.20. The number of hydrogen-bond donors (Lipinski definition) is 0. The second-order valence-electron chi connectivity index (χ2n) is 5.58. The first kappa shape index (κ1) is 12.1. The van der Waals surface area contributed by atoms with Crippen molar-refractivity contribution >= 4 is 16.6 Å². The molecule has 1 unspecified atom stereocenters. The Hall–Kier alpha value is -1.71. The van der Waals surface area contributed by atoms with Gasteiger partial charge in [-0.1, -0.05) is 24.3 Å². The maximum absolute atomic E-state index is 12.3. The minimum absolute atomic E-state index is 0.242. The summed E-state index contributed by atoms with van der Waals surface area (Å²) in [7, 11) is 0. The summed E-state index contributed by atoms with van der Waals surface area (Å²) in [5.74, 6) is 0.280. The SMILES string of the molecule is O=C1CC(N2CCOCC2)c2cc3ccccc3cc21. The number of morpholine rings is 1. The monoisotopic (exact) mass is 267 g/mol. The normalized spacial score (nSPS) is 23.2. The van der Waals surface area contributed by atoms with Crippen LogP contribution in [0.3, 0.4) is 0 Å². The predicted octanol–water partition coefficient (Wildman–Crippen LogP) is 2.80. The molecule has 1 saturated heterocycles. The number of hydrogen-bond acceptors (Lipinski definition) is 3. The first-order valence-electron chi connectivity index (χ1n) is 7.20. The minimum atomic E-state index is 0.242. The third kappa shape index (κ3) is 1.86. The Morgan fingerprint density at radius 1 is 1.05 bits per heavy atom. The van der Waals surface area contributed by atoms with E-state index in [4.69, 9.17) is 4.74 Å². The maximum Gasteiger partial charge on any atom is 0.165 e. The molecule has 3 heteroatoms. The summed E-state index contributed by atoms with van der Waals surface area (Å²) in [6.07, 6.45) is 0.617. The number of Topliss-reactive ketones (excluding diaryl/α,β-unsaturated/α-hetero) is 1. The molecule has 1 fully saturated rings. The van der Waals surface area contributed by atoms with Crippen molar-refractivity contribution in [1.29, 1.82) is 0 Å². The van der Waals surface area contributed by atoms with Crippen LogP contribution in [0, 0.1) is 0 Å². The molecule has 1 atom stereocenters. The average Bonchev–Trinajstić information content (AvgIpc) is 2.83. The highest BCUT2D eigenvalue weighted by molar-refractivity contribution is 6.04. The van der Waals surface area contributed by atoms with Crippen LogP contribution in [0.5, 0.6) is 0 Å². The summed E-state index contributed by atoms with van der Waals surface area (Å²) in [5, 5.41) is 2.38. The van der Waals surface area contributed by atoms with Gasteiger partial charge in [-0.2, -0.15) is 0 Å². The van der Waals surface area contributed by atoms with Crippen molar-refractivity contribution in [2.75, 3.05) is 26.3 Å². The number of fused-ring (bicyclic) bond motifs is 2. The van der Waals surface area contributed by atoms with Crippen LogP contribution in [0.25, 0.3) is 10.8 Å². The molecular formula is C17H17NO2. The van der Waals surface area contributed by atoms with Crippen LogP contribution in [0.2, 0.25) is 0 Å². The fourth-order valence-corrected chi connectivity index (χ4v) is 3.39. The van der Waals surface area contributed by atoms with Crippen LogP contribution in [-0.2, 0) is 4.74 Å². The van der Waals surface area contributed by atoms with Gasteiger partial charge in [-0.3, -0.25) is 9.69 Å². The van der Waals surface area contributed by atoms with Gasteiger partial charge in [0.05, 0.1) is 13.2 Å². The van der Waals surface area contributed by atoms with E-state index < -0.39 is 0 Å². The lowest BCUT2D eigenvalue weighted by Crippen LogP contribution is -2.38. The van der Waals surface area contributed by atoms with Gasteiger partial charge in [0.15, 0.2) is 5.78 Å². The van der Waals surface area contributed by atoms with Crippen molar-refractivity contribution in [2.45, 2.75) is 12.5 Å². The van der Waals surface area contributed by atoms with Crippen molar-refractivity contribution in [1.82, 2.24) is 4.90 Å². The quantitative estimate of drug-likeness (QED) is 0.795. The molecule has 1 heterocycles. The number of ketones is 1. The molecule has 0 saturated carbocycles. The Kier molecular flexibility index (Phi) is 2.83. The number of benzene rings is 2. The van der Waals surface area contributed by atoms with E-state index in [2.05, 4.69) is 35.2 Å². The summed E-state index contributed by atoms with van der Waals surface area (Å²) < 4.78 is 5.42. The molecule has 4 rings (SSSR count). The predicted molar refractivity (Wildman–Crippen MR) is 78.0 cm³/mol. The van der Waals surface area contributed by atoms with E-state index in [-0.39, 0.29) is 11.8 Å². The lowest BCUT2D eigenvalue weighted by atomic mass is 10.0. The Balaban J connectivity index is 1.80. The summed E-state index contributed by atoms with van der Waals surface area (Å²) in [4.78, 5) is 14.7. The molecule has 0 bridgehead atoms. The highest BCUT2D eigenvalue weighted by Crippen LogP contribution is 2.38. The van der Waals surface area contributed by atoms with E-state index in [1.54, 1.807) is 0 Å². The van der Waals surface area contributed by atoms with E-state index in [0.717, 1.165) is 37.3 Å². The Bertz CT molecular complexity index is 674. The molecule has 2 aromatic rings. The topological polar surface area (TPSA) is 29.5 Å². The summed E-state index contributed by atoms with van der Waals surface area (Å²) in [6, 6.07) is 12.8. The van der Waals surface area contributed by atoms with E-state index >= 15 is 0 Å². The molecule has 0 N–H and O–H groups in total. The number of ether oxygens (including phenoxy) is 1. The molecular weight excluding hydrogens is 250 g/mol. The third-order valence-corrected chi connectivity index (χ3v) is 4.44. The van der Waals surface area contributed by atoms with Crippen molar-refractivity contribution in [3.05, 3.63) is 47.5 Å². The van der Waals surface area contributed by atoms with Gasteiger partial charge >= 0.3 is 0 Å². The number of carbonyl (C=O) groups excluding carboxylic acids is 1. The fourth-order valence-electron chi connectivity index (χ4n) is 3.39. The smallest absolute Gasteiger partial charge is 0.165 e. The van der Waals surface area contributed by atoms with E-state index in [0.29, 0.717) is 6.42 Å². The molecule has 3 nitrogen and oxygen atoms in total. The molecule has 20 heavy (non-hydrogen) atoms. The largest absolute Gasteiger partial charge is 0.379 e. The molecule has 1 aliphatic carbocycles. The standard InChI is InChI=1S/C17H17NO2/c19-17-11-16(18-5-7-20-8-6-18)14-9-12-3-1-2-4-13(12)10-15(14)17/h1-4,9-10,16H,5-8,11H2. The van der Waals surface area contributed by atoms with Gasteiger partial charge < -0.3 is 4.74 Å². The third-order valence-electron chi connectivity index (χ3n) is 4.44. The van der Waals surface area contributed by atoms with Gasteiger partial charge in [-0.25, -0.2) is 0 Å². The molecule has 2 aromatic carbocycles. The van der Waals surface area contributed by atoms with Gasteiger partial charge in [0, 0.05) is 31.1 Å². The van der Waals surface area contributed by atoms with Gasteiger partial charge in [0.25, 0.3) is 0 Å². The average molecular weight is 267 g/mol. The van der Waals surface area contributed by atoms with Crippen LogP contribution in [-0.4, -0.2) is 37.0 Å². The minimum Gasteiger partial charge on any atom is -0.379 e. The second kappa shape index (κ2) is 4.69. The zero-order valence-corrected chi connectivity index (χ0v) is 11.3. The molecule has 1 aliphatic heterocycles. The number of rotatable bonds is 1. The van der Waals surface area contributed by atoms with Gasteiger partial charge in [-0.05, 0) is 28.5 Å². The fraction of sp³-hybridized carbons (Fsp3) is 0.353. The highest BCUT2D eigenvalue weighted by Gasteiger charge is 2.34. The van der Waals surface area contributed by atoms with Crippen molar-refractivity contribution in [2.24, 2.45) is 0 Å².